The summed E-state index contributed by atoms with van der Waals surface area (Å²) < 4.78 is 0. The summed E-state index contributed by atoms with van der Waals surface area (Å²) in [6.07, 6.45) is 1.02. The van der Waals surface area contributed by atoms with Gasteiger partial charge in [0.1, 0.15) is 0 Å². The van der Waals surface area contributed by atoms with E-state index in [1.807, 2.05) is 11.8 Å². The monoisotopic (exact) mass is 247 g/mol. The fraction of sp³-hybridized carbons (Fsp3) is 1.00. The van der Waals surface area contributed by atoms with Gasteiger partial charge in [-0.15, -0.1) is 0 Å². The summed E-state index contributed by atoms with van der Waals surface area (Å²) in [7, 11) is 0. The summed E-state index contributed by atoms with van der Waals surface area (Å²) in [5, 5.41) is 12.8. The molecule has 2 nitrogen and oxygen atoms in total. The quantitative estimate of drug-likeness (QED) is 0.657. The normalized spacial score (nSPS) is 17.4. The minimum atomic E-state index is 0.0387. The molecular formula is C13H29NOS. The molecule has 2 N–H and O–H groups in total. The van der Waals surface area contributed by atoms with Gasteiger partial charge in [-0.25, -0.2) is 0 Å². The van der Waals surface area contributed by atoms with Gasteiger partial charge in [0.25, 0.3) is 0 Å². The number of rotatable bonds is 9. The molecule has 0 spiro atoms. The van der Waals surface area contributed by atoms with Crippen LogP contribution in [0.4, 0.5) is 0 Å². The Labute approximate surface area is 106 Å². The van der Waals surface area contributed by atoms with Crippen molar-refractivity contribution in [1.29, 1.82) is 0 Å². The van der Waals surface area contributed by atoms with Crippen LogP contribution in [0.3, 0.4) is 0 Å². The first-order valence-corrected chi connectivity index (χ1v) is 7.51. The van der Waals surface area contributed by atoms with E-state index in [9.17, 15) is 5.11 Å². The fourth-order valence-electron chi connectivity index (χ4n) is 1.25. The number of aliphatic hydroxyl groups excluding tert-OH is 1. The molecule has 0 aliphatic heterocycles. The molecule has 2 atom stereocenters. The van der Waals surface area contributed by atoms with E-state index in [1.165, 1.54) is 5.75 Å². The van der Waals surface area contributed by atoms with Gasteiger partial charge < -0.3 is 10.4 Å². The lowest BCUT2D eigenvalue weighted by Crippen LogP contribution is -2.39. The Kier molecular flexibility index (Phi) is 8.52. The summed E-state index contributed by atoms with van der Waals surface area (Å²) in [5.74, 6) is 3.16. The molecule has 0 saturated heterocycles. The first-order valence-electron chi connectivity index (χ1n) is 6.35. The van der Waals surface area contributed by atoms with Gasteiger partial charge in [0, 0.05) is 30.4 Å². The van der Waals surface area contributed by atoms with E-state index < -0.39 is 0 Å². The Bertz CT molecular complexity index is 169. The molecular weight excluding hydrogens is 218 g/mol. The fourth-order valence-corrected chi connectivity index (χ4v) is 2.33. The lowest BCUT2D eigenvalue weighted by atomic mass is 9.88. The first-order chi connectivity index (χ1) is 7.43. The van der Waals surface area contributed by atoms with Crippen molar-refractivity contribution in [3.63, 3.8) is 0 Å². The van der Waals surface area contributed by atoms with Gasteiger partial charge in [-0.05, 0) is 25.0 Å². The van der Waals surface area contributed by atoms with Gasteiger partial charge >= 0.3 is 0 Å². The van der Waals surface area contributed by atoms with Crippen molar-refractivity contribution in [1.82, 2.24) is 5.32 Å². The third-order valence-electron chi connectivity index (χ3n) is 2.93. The Balaban J connectivity index is 3.67. The van der Waals surface area contributed by atoms with Crippen LogP contribution in [0.25, 0.3) is 0 Å². The predicted octanol–water partition coefficient (Wildman–Crippen LogP) is 2.76. The standard InChI is InChI=1S/C13H29NOS/c1-6-13(5,10-15)9-14-12(4)8-16-7-11(2)3/h11-12,14-15H,6-10H2,1-5H3. The second-order valence-electron chi connectivity index (χ2n) is 5.54. The molecule has 0 aliphatic rings. The molecule has 0 rings (SSSR count). The highest BCUT2D eigenvalue weighted by Crippen LogP contribution is 2.19. The van der Waals surface area contributed by atoms with Crippen LogP contribution < -0.4 is 5.32 Å². The average Bonchev–Trinajstić information content (AvgIpc) is 2.25. The van der Waals surface area contributed by atoms with Crippen molar-refractivity contribution < 1.29 is 5.11 Å². The van der Waals surface area contributed by atoms with E-state index in [0.29, 0.717) is 6.04 Å². The van der Waals surface area contributed by atoms with Crippen LogP contribution in [0.1, 0.15) is 41.0 Å². The predicted molar refractivity (Wildman–Crippen MR) is 75.1 cm³/mol. The zero-order valence-corrected chi connectivity index (χ0v) is 12.4. The van der Waals surface area contributed by atoms with Gasteiger partial charge in [-0.2, -0.15) is 11.8 Å². The average molecular weight is 247 g/mol. The van der Waals surface area contributed by atoms with Crippen molar-refractivity contribution in [2.75, 3.05) is 24.7 Å². The Morgan fingerprint density at radius 2 is 1.88 bits per heavy atom. The third kappa shape index (κ3) is 7.53. The molecule has 2 unspecified atom stereocenters. The molecule has 0 fully saturated rings. The maximum Gasteiger partial charge on any atom is 0.0496 e. The van der Waals surface area contributed by atoms with Gasteiger partial charge in [0.2, 0.25) is 0 Å². The molecule has 0 bridgehead atoms. The van der Waals surface area contributed by atoms with Crippen molar-refractivity contribution in [3.05, 3.63) is 0 Å². The molecule has 0 heterocycles. The maximum absolute atomic E-state index is 9.30. The lowest BCUT2D eigenvalue weighted by Gasteiger charge is -2.28. The zero-order valence-electron chi connectivity index (χ0n) is 11.5. The Morgan fingerprint density at radius 1 is 1.25 bits per heavy atom. The van der Waals surface area contributed by atoms with Crippen LogP contribution in [-0.4, -0.2) is 35.8 Å². The van der Waals surface area contributed by atoms with E-state index in [1.54, 1.807) is 0 Å². The summed E-state index contributed by atoms with van der Waals surface area (Å²) >= 11 is 2.01. The minimum Gasteiger partial charge on any atom is -0.396 e. The number of thioether (sulfide) groups is 1. The summed E-state index contributed by atoms with van der Waals surface area (Å²) in [6.45, 7) is 12.2. The summed E-state index contributed by atoms with van der Waals surface area (Å²) in [5.41, 5.74) is 0.0387. The third-order valence-corrected chi connectivity index (χ3v) is 4.57. The van der Waals surface area contributed by atoms with Gasteiger partial charge in [0.05, 0.1) is 0 Å². The largest absolute Gasteiger partial charge is 0.396 e. The van der Waals surface area contributed by atoms with E-state index in [2.05, 4.69) is 39.9 Å². The second kappa shape index (κ2) is 8.37. The SMILES string of the molecule is CCC(C)(CO)CNC(C)CSCC(C)C. The van der Waals surface area contributed by atoms with E-state index in [-0.39, 0.29) is 12.0 Å². The number of hydrogen-bond acceptors (Lipinski definition) is 3. The number of nitrogens with one attached hydrogen (secondary N) is 1. The van der Waals surface area contributed by atoms with Crippen LogP contribution in [-0.2, 0) is 0 Å². The van der Waals surface area contributed by atoms with Crippen molar-refractivity contribution >= 4 is 11.8 Å². The van der Waals surface area contributed by atoms with E-state index in [0.717, 1.165) is 24.6 Å². The second-order valence-corrected chi connectivity index (χ2v) is 6.61. The highest BCUT2D eigenvalue weighted by Gasteiger charge is 2.21. The smallest absolute Gasteiger partial charge is 0.0496 e. The first kappa shape index (κ1) is 16.3. The molecule has 16 heavy (non-hydrogen) atoms. The van der Waals surface area contributed by atoms with Crippen molar-refractivity contribution in [2.45, 2.75) is 47.1 Å². The van der Waals surface area contributed by atoms with Crippen LogP contribution in [0.15, 0.2) is 0 Å². The summed E-state index contributed by atoms with van der Waals surface area (Å²) in [6, 6.07) is 0.529. The molecule has 0 aromatic heterocycles. The molecule has 98 valence electrons. The summed E-state index contributed by atoms with van der Waals surface area (Å²) in [4.78, 5) is 0. The Morgan fingerprint density at radius 3 is 2.31 bits per heavy atom. The van der Waals surface area contributed by atoms with Crippen LogP contribution in [0, 0.1) is 11.3 Å². The number of aliphatic hydroxyl groups is 1. The molecule has 0 aromatic carbocycles. The molecule has 0 saturated carbocycles. The maximum atomic E-state index is 9.30. The van der Waals surface area contributed by atoms with Gasteiger partial charge in [0.15, 0.2) is 0 Å². The Hall–Kier alpha value is 0.270. The van der Waals surface area contributed by atoms with Crippen LogP contribution in [0.5, 0.6) is 0 Å². The highest BCUT2D eigenvalue weighted by molar-refractivity contribution is 7.99. The van der Waals surface area contributed by atoms with Crippen molar-refractivity contribution in [2.24, 2.45) is 11.3 Å². The highest BCUT2D eigenvalue weighted by atomic mass is 32.2. The molecule has 0 radical (unpaired) electrons. The molecule has 3 heteroatoms. The van der Waals surface area contributed by atoms with Gasteiger partial charge in [-0.3, -0.25) is 0 Å². The van der Waals surface area contributed by atoms with Crippen LogP contribution in [0.2, 0.25) is 0 Å². The van der Waals surface area contributed by atoms with E-state index in [4.69, 9.17) is 0 Å². The van der Waals surface area contributed by atoms with Crippen LogP contribution >= 0.6 is 11.8 Å². The molecule has 0 aliphatic carbocycles. The molecule has 0 aromatic rings. The zero-order chi connectivity index (χ0) is 12.6. The number of hydrogen-bond donors (Lipinski definition) is 2. The molecule has 0 amide bonds. The van der Waals surface area contributed by atoms with E-state index >= 15 is 0 Å². The van der Waals surface area contributed by atoms with Crippen molar-refractivity contribution in [3.8, 4) is 0 Å². The topological polar surface area (TPSA) is 32.3 Å². The minimum absolute atomic E-state index is 0.0387. The lowest BCUT2D eigenvalue weighted by molar-refractivity contribution is 0.133. The van der Waals surface area contributed by atoms with Gasteiger partial charge in [-0.1, -0.05) is 27.7 Å².